The first-order chi connectivity index (χ1) is 10.7. The van der Waals surface area contributed by atoms with E-state index in [0.717, 1.165) is 43.1 Å². The molecule has 2 heterocycles. The zero-order chi connectivity index (χ0) is 15.5. The molecule has 0 spiro atoms. The lowest BCUT2D eigenvalue weighted by molar-refractivity contribution is -0.384. The number of benzene rings is 1. The van der Waals surface area contributed by atoms with Gasteiger partial charge in [0.1, 0.15) is 11.5 Å². The van der Waals surface area contributed by atoms with Crippen molar-refractivity contribution in [2.45, 2.75) is 32.7 Å². The lowest BCUT2D eigenvalue weighted by Gasteiger charge is -2.25. The predicted molar refractivity (Wildman–Crippen MR) is 84.7 cm³/mol. The van der Waals surface area contributed by atoms with Crippen LogP contribution >= 0.6 is 0 Å². The second-order valence-electron chi connectivity index (χ2n) is 5.74. The van der Waals surface area contributed by atoms with Gasteiger partial charge in [0.15, 0.2) is 0 Å². The number of hydrogen-bond donors (Lipinski definition) is 0. The summed E-state index contributed by atoms with van der Waals surface area (Å²) in [4.78, 5) is 12.8. The molecule has 1 aliphatic rings. The number of nitrogens with zero attached hydrogens (tertiary/aromatic N) is 2. The van der Waals surface area contributed by atoms with Gasteiger partial charge in [0.05, 0.1) is 4.92 Å². The Balaban J connectivity index is 1.77. The van der Waals surface area contributed by atoms with E-state index < -0.39 is 0 Å². The molecule has 0 aliphatic carbocycles. The number of rotatable bonds is 5. The number of hydrogen-bond acceptors (Lipinski definition) is 4. The highest BCUT2D eigenvalue weighted by atomic mass is 16.6. The lowest BCUT2D eigenvalue weighted by Crippen LogP contribution is -2.30. The SMILES string of the molecule is CCCCN1CCc2oc(-c3ccc([N+](=O)[O-])cc3)cc2C1. The predicted octanol–water partition coefficient (Wildman–Crippen LogP) is 4.01. The largest absolute Gasteiger partial charge is 0.461 e. The maximum Gasteiger partial charge on any atom is 0.269 e. The van der Waals surface area contributed by atoms with Gasteiger partial charge in [0.25, 0.3) is 5.69 Å². The van der Waals surface area contributed by atoms with E-state index in [1.54, 1.807) is 12.1 Å². The Morgan fingerprint density at radius 2 is 2.09 bits per heavy atom. The molecule has 0 N–H and O–H groups in total. The first-order valence-corrected chi connectivity index (χ1v) is 7.76. The quantitative estimate of drug-likeness (QED) is 0.618. The topological polar surface area (TPSA) is 59.5 Å². The summed E-state index contributed by atoms with van der Waals surface area (Å²) in [6.45, 7) is 5.32. The molecule has 22 heavy (non-hydrogen) atoms. The molecule has 0 unspecified atom stereocenters. The summed E-state index contributed by atoms with van der Waals surface area (Å²) < 4.78 is 5.95. The second kappa shape index (κ2) is 6.32. The summed E-state index contributed by atoms with van der Waals surface area (Å²) in [6, 6.07) is 8.61. The van der Waals surface area contributed by atoms with E-state index in [4.69, 9.17) is 4.42 Å². The van der Waals surface area contributed by atoms with Crippen molar-refractivity contribution in [1.29, 1.82) is 0 Å². The fourth-order valence-electron chi connectivity index (χ4n) is 2.85. The number of fused-ring (bicyclic) bond motifs is 1. The molecule has 1 aromatic carbocycles. The van der Waals surface area contributed by atoms with Crippen LogP contribution in [0.25, 0.3) is 11.3 Å². The van der Waals surface area contributed by atoms with Gasteiger partial charge in [-0.25, -0.2) is 0 Å². The van der Waals surface area contributed by atoms with E-state index in [9.17, 15) is 10.1 Å². The third-order valence-electron chi connectivity index (χ3n) is 4.14. The highest BCUT2D eigenvalue weighted by Gasteiger charge is 2.21. The zero-order valence-corrected chi connectivity index (χ0v) is 12.7. The monoisotopic (exact) mass is 300 g/mol. The minimum atomic E-state index is -0.386. The van der Waals surface area contributed by atoms with Gasteiger partial charge in [-0.1, -0.05) is 13.3 Å². The van der Waals surface area contributed by atoms with Crippen LogP contribution in [-0.2, 0) is 13.0 Å². The smallest absolute Gasteiger partial charge is 0.269 e. The Morgan fingerprint density at radius 1 is 1.32 bits per heavy atom. The van der Waals surface area contributed by atoms with Crippen molar-refractivity contribution in [3.8, 4) is 11.3 Å². The second-order valence-corrected chi connectivity index (χ2v) is 5.74. The third-order valence-corrected chi connectivity index (χ3v) is 4.14. The van der Waals surface area contributed by atoms with E-state index in [0.29, 0.717) is 0 Å². The molecule has 0 amide bonds. The molecule has 5 heteroatoms. The molecule has 0 saturated carbocycles. The molecule has 3 rings (SSSR count). The Hall–Kier alpha value is -2.14. The normalized spacial score (nSPS) is 14.8. The fourth-order valence-corrected chi connectivity index (χ4v) is 2.85. The number of nitro benzene ring substituents is 1. The molecule has 5 nitrogen and oxygen atoms in total. The molecule has 1 aromatic heterocycles. The molecular formula is C17H20N2O3. The summed E-state index contributed by atoms with van der Waals surface area (Å²) in [5, 5.41) is 10.7. The van der Waals surface area contributed by atoms with Gasteiger partial charge in [-0.3, -0.25) is 15.0 Å². The Bertz CT molecular complexity index is 661. The van der Waals surface area contributed by atoms with Crippen LogP contribution in [0.4, 0.5) is 5.69 Å². The van der Waals surface area contributed by atoms with E-state index in [1.807, 2.05) is 0 Å². The van der Waals surface area contributed by atoms with Gasteiger partial charge in [-0.05, 0) is 31.2 Å². The van der Waals surface area contributed by atoms with Crippen LogP contribution in [0.3, 0.4) is 0 Å². The molecule has 0 radical (unpaired) electrons. The van der Waals surface area contributed by atoms with Crippen molar-refractivity contribution >= 4 is 5.69 Å². The maximum absolute atomic E-state index is 10.7. The standard InChI is InChI=1S/C17H20N2O3/c1-2-3-9-18-10-8-16-14(12-18)11-17(22-16)13-4-6-15(7-5-13)19(20)21/h4-7,11H,2-3,8-10,12H2,1H3. The van der Waals surface area contributed by atoms with Crippen LogP contribution in [-0.4, -0.2) is 22.9 Å². The van der Waals surface area contributed by atoms with Gasteiger partial charge >= 0.3 is 0 Å². The van der Waals surface area contributed by atoms with Gasteiger partial charge in [0.2, 0.25) is 0 Å². The molecule has 0 fully saturated rings. The number of unbranched alkanes of at least 4 members (excludes halogenated alkanes) is 1. The molecule has 2 aromatic rings. The molecular weight excluding hydrogens is 280 g/mol. The van der Waals surface area contributed by atoms with E-state index in [-0.39, 0.29) is 10.6 Å². The van der Waals surface area contributed by atoms with Crippen LogP contribution in [0.2, 0.25) is 0 Å². The van der Waals surface area contributed by atoms with Gasteiger partial charge in [-0.2, -0.15) is 0 Å². The highest BCUT2D eigenvalue weighted by Crippen LogP contribution is 2.30. The average Bonchev–Trinajstić information content (AvgIpc) is 2.96. The van der Waals surface area contributed by atoms with E-state index >= 15 is 0 Å². The molecule has 0 saturated heterocycles. The highest BCUT2D eigenvalue weighted by molar-refractivity contribution is 5.61. The Labute approximate surface area is 129 Å². The fraction of sp³-hybridized carbons (Fsp3) is 0.412. The van der Waals surface area contributed by atoms with Crippen molar-refractivity contribution in [3.63, 3.8) is 0 Å². The van der Waals surface area contributed by atoms with E-state index in [1.165, 1.54) is 30.5 Å². The van der Waals surface area contributed by atoms with Crippen LogP contribution in [0.5, 0.6) is 0 Å². The van der Waals surface area contributed by atoms with Crippen LogP contribution in [0.15, 0.2) is 34.7 Å². The van der Waals surface area contributed by atoms with Crippen LogP contribution in [0, 0.1) is 10.1 Å². The molecule has 0 bridgehead atoms. The zero-order valence-electron chi connectivity index (χ0n) is 12.7. The molecule has 116 valence electrons. The number of non-ortho nitro benzene ring substituents is 1. The first kappa shape index (κ1) is 14.8. The minimum Gasteiger partial charge on any atom is -0.461 e. The van der Waals surface area contributed by atoms with Gasteiger partial charge in [0, 0.05) is 42.8 Å². The lowest BCUT2D eigenvalue weighted by atomic mass is 10.1. The van der Waals surface area contributed by atoms with Crippen molar-refractivity contribution in [1.82, 2.24) is 4.90 Å². The van der Waals surface area contributed by atoms with Crippen molar-refractivity contribution in [3.05, 3.63) is 51.8 Å². The van der Waals surface area contributed by atoms with Gasteiger partial charge in [-0.15, -0.1) is 0 Å². The van der Waals surface area contributed by atoms with Crippen molar-refractivity contribution in [2.75, 3.05) is 13.1 Å². The van der Waals surface area contributed by atoms with Crippen molar-refractivity contribution in [2.24, 2.45) is 0 Å². The average molecular weight is 300 g/mol. The summed E-state index contributed by atoms with van der Waals surface area (Å²) in [7, 11) is 0. The molecule has 0 atom stereocenters. The van der Waals surface area contributed by atoms with E-state index in [2.05, 4.69) is 17.9 Å². The summed E-state index contributed by atoms with van der Waals surface area (Å²) >= 11 is 0. The summed E-state index contributed by atoms with van der Waals surface area (Å²) in [6.07, 6.45) is 3.37. The Kier molecular flexibility index (Phi) is 4.24. The number of furan rings is 1. The van der Waals surface area contributed by atoms with Gasteiger partial charge < -0.3 is 4.42 Å². The first-order valence-electron chi connectivity index (χ1n) is 7.76. The van der Waals surface area contributed by atoms with Crippen LogP contribution in [0.1, 0.15) is 31.1 Å². The molecule has 1 aliphatic heterocycles. The third kappa shape index (κ3) is 3.04. The summed E-state index contributed by atoms with van der Waals surface area (Å²) in [5.41, 5.74) is 2.24. The van der Waals surface area contributed by atoms with Crippen LogP contribution < -0.4 is 0 Å². The number of nitro groups is 1. The Morgan fingerprint density at radius 3 is 2.77 bits per heavy atom. The summed E-state index contributed by atoms with van der Waals surface area (Å²) in [5.74, 6) is 1.86. The minimum absolute atomic E-state index is 0.103. The van der Waals surface area contributed by atoms with Crippen molar-refractivity contribution < 1.29 is 9.34 Å². The maximum atomic E-state index is 10.7.